The molecule has 20 heavy (non-hydrogen) atoms. The molecule has 1 heterocycles. The number of carbonyl (C=O) groups excluding carboxylic acids is 1. The van der Waals surface area contributed by atoms with Crippen LogP contribution in [0, 0.1) is 6.92 Å². The van der Waals surface area contributed by atoms with E-state index >= 15 is 0 Å². The van der Waals surface area contributed by atoms with Gasteiger partial charge in [0.05, 0.1) is 6.54 Å². The Morgan fingerprint density at radius 2 is 1.75 bits per heavy atom. The molecule has 1 atom stereocenters. The van der Waals surface area contributed by atoms with Crippen molar-refractivity contribution in [3.05, 3.63) is 35.4 Å². The summed E-state index contributed by atoms with van der Waals surface area (Å²) in [6.45, 7) is 6.50. The van der Waals surface area contributed by atoms with Crippen molar-refractivity contribution in [2.45, 2.75) is 45.6 Å². The zero-order valence-corrected chi connectivity index (χ0v) is 12.7. The molecular formula is C17H26N2O. The Kier molecular flexibility index (Phi) is 5.60. The van der Waals surface area contributed by atoms with Crippen LogP contribution in [0.2, 0.25) is 0 Å². The average molecular weight is 274 g/mol. The van der Waals surface area contributed by atoms with Crippen molar-refractivity contribution in [2.75, 3.05) is 19.6 Å². The van der Waals surface area contributed by atoms with Crippen molar-refractivity contribution in [2.24, 2.45) is 0 Å². The van der Waals surface area contributed by atoms with Crippen LogP contribution in [0.25, 0.3) is 0 Å². The monoisotopic (exact) mass is 274 g/mol. The molecule has 0 saturated carbocycles. The second-order valence-electron chi connectivity index (χ2n) is 5.81. The number of amides is 1. The fourth-order valence-electron chi connectivity index (χ4n) is 2.65. The third-order valence-electron chi connectivity index (χ3n) is 4.10. The maximum atomic E-state index is 12.2. The Bertz CT molecular complexity index is 419. The molecule has 1 unspecified atom stereocenters. The van der Waals surface area contributed by atoms with Gasteiger partial charge in [0.25, 0.3) is 0 Å². The van der Waals surface area contributed by atoms with Crippen LogP contribution in [0.15, 0.2) is 24.3 Å². The molecule has 2 rings (SSSR count). The summed E-state index contributed by atoms with van der Waals surface area (Å²) >= 11 is 0. The molecule has 1 N–H and O–H groups in total. The third kappa shape index (κ3) is 4.34. The third-order valence-corrected chi connectivity index (χ3v) is 4.10. The molecule has 0 spiro atoms. The minimum atomic E-state index is 0.214. The number of rotatable bonds is 4. The molecule has 1 aliphatic rings. The van der Waals surface area contributed by atoms with E-state index in [9.17, 15) is 4.79 Å². The van der Waals surface area contributed by atoms with Gasteiger partial charge in [0.15, 0.2) is 0 Å². The maximum absolute atomic E-state index is 12.2. The lowest BCUT2D eigenvalue weighted by molar-refractivity contribution is -0.130. The largest absolute Gasteiger partial charge is 0.342 e. The van der Waals surface area contributed by atoms with E-state index in [0.29, 0.717) is 6.54 Å². The molecule has 3 heteroatoms. The van der Waals surface area contributed by atoms with E-state index in [-0.39, 0.29) is 11.9 Å². The number of hydrogen-bond donors (Lipinski definition) is 1. The van der Waals surface area contributed by atoms with Crippen LogP contribution in [0.4, 0.5) is 0 Å². The Hall–Kier alpha value is -1.35. The van der Waals surface area contributed by atoms with E-state index in [1.165, 1.54) is 24.0 Å². The molecule has 1 aromatic carbocycles. The van der Waals surface area contributed by atoms with Crippen molar-refractivity contribution in [3.63, 3.8) is 0 Å². The van der Waals surface area contributed by atoms with Gasteiger partial charge in [-0.2, -0.15) is 0 Å². The van der Waals surface area contributed by atoms with E-state index in [2.05, 4.69) is 43.4 Å². The smallest absolute Gasteiger partial charge is 0.236 e. The van der Waals surface area contributed by atoms with Crippen LogP contribution < -0.4 is 5.32 Å². The fourth-order valence-corrected chi connectivity index (χ4v) is 2.65. The molecule has 0 aromatic heterocycles. The summed E-state index contributed by atoms with van der Waals surface area (Å²) < 4.78 is 0. The highest BCUT2D eigenvalue weighted by Crippen LogP contribution is 2.13. The molecule has 1 saturated heterocycles. The number of hydrogen-bond acceptors (Lipinski definition) is 2. The normalized spacial score (nSPS) is 17.6. The number of likely N-dealkylation sites (tertiary alicyclic amines) is 1. The Labute approximate surface area is 122 Å². The summed E-state index contributed by atoms with van der Waals surface area (Å²) in [4.78, 5) is 14.2. The van der Waals surface area contributed by atoms with Crippen LogP contribution in [-0.4, -0.2) is 30.4 Å². The fraction of sp³-hybridized carbons (Fsp3) is 0.588. The molecule has 0 aliphatic carbocycles. The van der Waals surface area contributed by atoms with E-state index in [4.69, 9.17) is 0 Å². The van der Waals surface area contributed by atoms with E-state index in [1.807, 2.05) is 4.90 Å². The molecule has 1 aliphatic heterocycles. The van der Waals surface area contributed by atoms with Crippen LogP contribution in [0.5, 0.6) is 0 Å². The van der Waals surface area contributed by atoms with Crippen molar-refractivity contribution in [1.82, 2.24) is 10.2 Å². The Morgan fingerprint density at radius 1 is 1.15 bits per heavy atom. The number of carbonyl (C=O) groups is 1. The van der Waals surface area contributed by atoms with Crippen LogP contribution in [0.1, 0.15) is 49.8 Å². The summed E-state index contributed by atoms with van der Waals surface area (Å²) in [5, 5.41) is 3.34. The minimum absolute atomic E-state index is 0.214. The maximum Gasteiger partial charge on any atom is 0.236 e. The van der Waals surface area contributed by atoms with E-state index in [0.717, 1.165) is 25.9 Å². The highest BCUT2D eigenvalue weighted by atomic mass is 16.2. The molecular weight excluding hydrogens is 248 g/mol. The average Bonchev–Trinajstić information content (AvgIpc) is 2.74. The van der Waals surface area contributed by atoms with Crippen molar-refractivity contribution in [3.8, 4) is 0 Å². The zero-order chi connectivity index (χ0) is 14.4. The van der Waals surface area contributed by atoms with Gasteiger partial charge in [0, 0.05) is 19.1 Å². The first-order valence-electron chi connectivity index (χ1n) is 7.74. The molecule has 1 amide bonds. The minimum Gasteiger partial charge on any atom is -0.342 e. The van der Waals surface area contributed by atoms with Gasteiger partial charge < -0.3 is 10.2 Å². The second kappa shape index (κ2) is 7.44. The van der Waals surface area contributed by atoms with Crippen LogP contribution in [0.3, 0.4) is 0 Å². The van der Waals surface area contributed by atoms with Crippen molar-refractivity contribution >= 4 is 5.91 Å². The second-order valence-corrected chi connectivity index (χ2v) is 5.81. The summed E-state index contributed by atoms with van der Waals surface area (Å²) in [6, 6.07) is 8.70. The summed E-state index contributed by atoms with van der Waals surface area (Å²) in [7, 11) is 0. The van der Waals surface area contributed by atoms with Crippen molar-refractivity contribution < 1.29 is 4.79 Å². The van der Waals surface area contributed by atoms with Crippen LogP contribution >= 0.6 is 0 Å². The first kappa shape index (κ1) is 15.0. The predicted octanol–water partition coefficient (Wildman–Crippen LogP) is 3.05. The molecule has 110 valence electrons. The standard InChI is InChI=1S/C17H26N2O/c1-14-7-9-16(10-8-14)15(2)18-13-17(20)19-11-5-3-4-6-12-19/h7-10,15,18H,3-6,11-13H2,1-2H3. The summed E-state index contributed by atoms with van der Waals surface area (Å²) in [5.74, 6) is 0.242. The van der Waals surface area contributed by atoms with Crippen molar-refractivity contribution in [1.29, 1.82) is 0 Å². The van der Waals surface area contributed by atoms with Crippen LogP contribution in [-0.2, 0) is 4.79 Å². The van der Waals surface area contributed by atoms with Gasteiger partial charge in [-0.25, -0.2) is 0 Å². The summed E-state index contributed by atoms with van der Waals surface area (Å²) in [5.41, 5.74) is 2.50. The van der Waals surface area contributed by atoms with Gasteiger partial charge in [-0.05, 0) is 32.3 Å². The lowest BCUT2D eigenvalue weighted by Gasteiger charge is -2.22. The number of nitrogens with zero attached hydrogens (tertiary/aromatic N) is 1. The number of aryl methyl sites for hydroxylation is 1. The van der Waals surface area contributed by atoms with E-state index in [1.54, 1.807) is 0 Å². The van der Waals surface area contributed by atoms with Gasteiger partial charge in [0.1, 0.15) is 0 Å². The van der Waals surface area contributed by atoms with Gasteiger partial charge in [-0.1, -0.05) is 42.7 Å². The van der Waals surface area contributed by atoms with Gasteiger partial charge in [-0.3, -0.25) is 4.79 Å². The lowest BCUT2D eigenvalue weighted by atomic mass is 10.1. The molecule has 1 aromatic rings. The Morgan fingerprint density at radius 3 is 2.35 bits per heavy atom. The quantitative estimate of drug-likeness (QED) is 0.915. The predicted molar refractivity (Wildman–Crippen MR) is 82.6 cm³/mol. The number of benzene rings is 1. The molecule has 0 radical (unpaired) electrons. The first-order valence-corrected chi connectivity index (χ1v) is 7.74. The zero-order valence-electron chi connectivity index (χ0n) is 12.7. The highest BCUT2D eigenvalue weighted by molar-refractivity contribution is 5.78. The van der Waals surface area contributed by atoms with Gasteiger partial charge in [0.2, 0.25) is 5.91 Å². The molecule has 3 nitrogen and oxygen atoms in total. The molecule has 0 bridgehead atoms. The number of nitrogens with one attached hydrogen (secondary N) is 1. The Balaban J connectivity index is 1.81. The van der Waals surface area contributed by atoms with Gasteiger partial charge >= 0.3 is 0 Å². The highest BCUT2D eigenvalue weighted by Gasteiger charge is 2.16. The lowest BCUT2D eigenvalue weighted by Crippen LogP contribution is -2.39. The molecule has 1 fully saturated rings. The SMILES string of the molecule is Cc1ccc(C(C)NCC(=O)N2CCCCCC2)cc1. The topological polar surface area (TPSA) is 32.3 Å². The first-order chi connectivity index (χ1) is 9.66. The van der Waals surface area contributed by atoms with Gasteiger partial charge in [-0.15, -0.1) is 0 Å². The van der Waals surface area contributed by atoms with E-state index < -0.39 is 0 Å². The summed E-state index contributed by atoms with van der Waals surface area (Å²) in [6.07, 6.45) is 4.83.